The number of fused-ring (bicyclic) bond motifs is 2. The minimum atomic E-state index is -0.0216. The van der Waals surface area contributed by atoms with Gasteiger partial charge in [-0.1, -0.05) is 34.1 Å². The molecule has 82 valence electrons. The Kier molecular flexibility index (Phi) is 2.42. The highest BCUT2D eigenvalue weighted by atomic mass is 16.3. The summed E-state index contributed by atoms with van der Waals surface area (Å²) in [6, 6.07) is 0. The second kappa shape index (κ2) is 3.23. The Hall–Kier alpha value is -0.0400. The number of aliphatic hydroxyl groups is 1. The average molecular weight is 196 g/mol. The van der Waals surface area contributed by atoms with Crippen LogP contribution in [0.4, 0.5) is 0 Å². The van der Waals surface area contributed by atoms with Gasteiger partial charge in [-0.3, -0.25) is 0 Å². The van der Waals surface area contributed by atoms with Crippen LogP contribution in [0.3, 0.4) is 0 Å². The Labute approximate surface area is 87.9 Å². The minimum Gasteiger partial charge on any atom is -0.393 e. The lowest BCUT2D eigenvalue weighted by molar-refractivity contribution is -0.197. The molecule has 0 radical (unpaired) electrons. The molecule has 0 aliphatic heterocycles. The monoisotopic (exact) mass is 196 g/mol. The fraction of sp³-hybridized carbons (Fsp3) is 1.00. The third kappa shape index (κ3) is 1.18. The zero-order valence-electron chi connectivity index (χ0n) is 9.96. The molecule has 0 amide bonds. The van der Waals surface area contributed by atoms with Crippen molar-refractivity contribution in [3.63, 3.8) is 0 Å². The standard InChI is InChI=1S/C13H24O/c1-5-6-9-11-7-10(13(11,3)4)8(2)12(9)14/h8-12,14H,5-7H2,1-4H3/t8-,9+,10+,11-,12?/m0/s1. The largest absolute Gasteiger partial charge is 0.393 e. The molecule has 3 aliphatic carbocycles. The molecule has 3 saturated carbocycles. The van der Waals surface area contributed by atoms with Gasteiger partial charge in [-0.15, -0.1) is 0 Å². The van der Waals surface area contributed by atoms with Gasteiger partial charge in [-0.05, 0) is 41.9 Å². The maximum atomic E-state index is 10.2. The Morgan fingerprint density at radius 1 is 1.29 bits per heavy atom. The van der Waals surface area contributed by atoms with Crippen LogP contribution < -0.4 is 0 Å². The summed E-state index contributed by atoms with van der Waals surface area (Å²) < 4.78 is 0. The first-order valence-corrected chi connectivity index (χ1v) is 6.18. The molecule has 3 rings (SSSR count). The summed E-state index contributed by atoms with van der Waals surface area (Å²) in [5.41, 5.74) is 0.498. The molecule has 0 aromatic rings. The van der Waals surface area contributed by atoms with Crippen LogP contribution in [-0.2, 0) is 0 Å². The van der Waals surface area contributed by atoms with E-state index in [2.05, 4.69) is 27.7 Å². The predicted octanol–water partition coefficient (Wildman–Crippen LogP) is 3.08. The first-order valence-electron chi connectivity index (χ1n) is 6.18. The van der Waals surface area contributed by atoms with Crippen molar-refractivity contribution < 1.29 is 5.11 Å². The molecule has 0 aromatic heterocycles. The highest BCUT2D eigenvalue weighted by Gasteiger charge is 2.60. The van der Waals surface area contributed by atoms with E-state index in [9.17, 15) is 5.11 Å². The van der Waals surface area contributed by atoms with E-state index in [0.29, 0.717) is 17.3 Å². The van der Waals surface area contributed by atoms with Crippen molar-refractivity contribution in [2.75, 3.05) is 0 Å². The summed E-state index contributed by atoms with van der Waals surface area (Å²) in [5, 5.41) is 10.2. The SMILES string of the molecule is CCC[C@H]1C(O)[C@@H](C)[C@H]2C[C@@H]1C2(C)C. The van der Waals surface area contributed by atoms with Crippen molar-refractivity contribution in [1.29, 1.82) is 0 Å². The molecular formula is C13H24O. The predicted molar refractivity (Wildman–Crippen MR) is 58.9 cm³/mol. The van der Waals surface area contributed by atoms with E-state index in [0.717, 1.165) is 11.8 Å². The van der Waals surface area contributed by atoms with Gasteiger partial charge < -0.3 is 5.11 Å². The summed E-state index contributed by atoms with van der Waals surface area (Å²) in [4.78, 5) is 0. The lowest BCUT2D eigenvalue weighted by Crippen LogP contribution is -2.61. The van der Waals surface area contributed by atoms with Crippen molar-refractivity contribution in [2.24, 2.45) is 29.1 Å². The van der Waals surface area contributed by atoms with E-state index < -0.39 is 0 Å². The molecule has 0 saturated heterocycles. The fourth-order valence-corrected chi connectivity index (χ4v) is 4.19. The van der Waals surface area contributed by atoms with Crippen molar-refractivity contribution in [3.05, 3.63) is 0 Å². The molecule has 3 aliphatic rings. The zero-order chi connectivity index (χ0) is 10.5. The Morgan fingerprint density at radius 3 is 2.43 bits per heavy atom. The van der Waals surface area contributed by atoms with Gasteiger partial charge in [0.25, 0.3) is 0 Å². The Bertz CT molecular complexity index is 221. The lowest BCUT2D eigenvalue weighted by Gasteiger charge is -2.64. The molecule has 2 bridgehead atoms. The van der Waals surface area contributed by atoms with Crippen LogP contribution in [0.15, 0.2) is 0 Å². The maximum Gasteiger partial charge on any atom is 0.0599 e. The number of aliphatic hydroxyl groups excluding tert-OH is 1. The third-order valence-corrected chi connectivity index (χ3v) is 5.17. The first kappa shape index (κ1) is 10.5. The van der Waals surface area contributed by atoms with Crippen LogP contribution >= 0.6 is 0 Å². The first-order chi connectivity index (χ1) is 6.50. The summed E-state index contributed by atoms with van der Waals surface area (Å²) in [5.74, 6) is 2.66. The molecule has 0 aromatic carbocycles. The molecule has 3 fully saturated rings. The van der Waals surface area contributed by atoms with Crippen molar-refractivity contribution in [1.82, 2.24) is 0 Å². The topological polar surface area (TPSA) is 20.2 Å². The zero-order valence-corrected chi connectivity index (χ0v) is 9.96. The van der Waals surface area contributed by atoms with Crippen LogP contribution in [-0.4, -0.2) is 11.2 Å². The van der Waals surface area contributed by atoms with Gasteiger partial charge in [0, 0.05) is 0 Å². The van der Waals surface area contributed by atoms with Crippen molar-refractivity contribution in [3.8, 4) is 0 Å². The van der Waals surface area contributed by atoms with E-state index >= 15 is 0 Å². The van der Waals surface area contributed by atoms with E-state index in [1.807, 2.05) is 0 Å². The second-order valence-corrected chi connectivity index (χ2v) is 6.07. The van der Waals surface area contributed by atoms with Crippen LogP contribution in [0, 0.1) is 29.1 Å². The molecule has 0 spiro atoms. The number of rotatable bonds is 2. The molecular weight excluding hydrogens is 172 g/mol. The van der Waals surface area contributed by atoms with Gasteiger partial charge >= 0.3 is 0 Å². The molecule has 0 heterocycles. The Balaban J connectivity index is 2.17. The van der Waals surface area contributed by atoms with Gasteiger partial charge in [0.1, 0.15) is 0 Å². The molecule has 1 N–H and O–H groups in total. The average Bonchev–Trinajstić information content (AvgIpc) is 2.11. The van der Waals surface area contributed by atoms with Crippen LogP contribution in [0.5, 0.6) is 0 Å². The van der Waals surface area contributed by atoms with Crippen LogP contribution in [0.1, 0.15) is 47.0 Å². The summed E-state index contributed by atoms with van der Waals surface area (Å²) >= 11 is 0. The molecule has 1 unspecified atom stereocenters. The lowest BCUT2D eigenvalue weighted by atomic mass is 9.41. The molecule has 1 nitrogen and oxygen atoms in total. The maximum absolute atomic E-state index is 10.2. The van der Waals surface area contributed by atoms with E-state index in [1.165, 1.54) is 19.3 Å². The third-order valence-electron chi connectivity index (χ3n) is 5.17. The molecule has 5 atom stereocenters. The second-order valence-electron chi connectivity index (χ2n) is 6.07. The van der Waals surface area contributed by atoms with E-state index in [1.54, 1.807) is 0 Å². The van der Waals surface area contributed by atoms with Gasteiger partial charge in [0.05, 0.1) is 6.10 Å². The number of hydrogen-bond acceptors (Lipinski definition) is 1. The summed E-state index contributed by atoms with van der Waals surface area (Å²) in [7, 11) is 0. The minimum absolute atomic E-state index is 0.0216. The van der Waals surface area contributed by atoms with Crippen molar-refractivity contribution >= 4 is 0 Å². The fourth-order valence-electron chi connectivity index (χ4n) is 4.19. The quantitative estimate of drug-likeness (QED) is 0.719. The smallest absolute Gasteiger partial charge is 0.0599 e. The molecule has 14 heavy (non-hydrogen) atoms. The van der Waals surface area contributed by atoms with E-state index in [-0.39, 0.29) is 6.10 Å². The number of hydrogen-bond donors (Lipinski definition) is 1. The molecule has 1 heteroatoms. The van der Waals surface area contributed by atoms with Gasteiger partial charge in [-0.2, -0.15) is 0 Å². The van der Waals surface area contributed by atoms with Crippen molar-refractivity contribution in [2.45, 2.75) is 53.1 Å². The van der Waals surface area contributed by atoms with Gasteiger partial charge in [0.2, 0.25) is 0 Å². The van der Waals surface area contributed by atoms with E-state index in [4.69, 9.17) is 0 Å². The van der Waals surface area contributed by atoms with Gasteiger partial charge in [0.15, 0.2) is 0 Å². The summed E-state index contributed by atoms with van der Waals surface area (Å²) in [6.45, 7) is 9.28. The highest BCUT2D eigenvalue weighted by Crippen LogP contribution is 2.64. The van der Waals surface area contributed by atoms with Crippen LogP contribution in [0.2, 0.25) is 0 Å². The highest BCUT2D eigenvalue weighted by molar-refractivity contribution is 5.08. The van der Waals surface area contributed by atoms with Crippen LogP contribution in [0.25, 0.3) is 0 Å². The summed E-state index contributed by atoms with van der Waals surface area (Å²) in [6.07, 6.45) is 3.78. The normalized spacial score (nSPS) is 49.9. The van der Waals surface area contributed by atoms with Gasteiger partial charge in [-0.25, -0.2) is 0 Å². The Morgan fingerprint density at radius 2 is 1.93 bits per heavy atom.